The number of carboxylic acid groups (broad SMARTS) is 1. The number of likely N-dealkylation sites (N-methyl/N-ethyl adjacent to an activating group) is 2. The molecule has 1 aliphatic rings. The summed E-state index contributed by atoms with van der Waals surface area (Å²) in [5, 5.41) is 22.0. The minimum atomic E-state index is -1.04. The highest BCUT2D eigenvalue weighted by Crippen LogP contribution is 2.29. The van der Waals surface area contributed by atoms with Crippen LogP contribution in [0.2, 0.25) is 0 Å². The van der Waals surface area contributed by atoms with E-state index in [-0.39, 0.29) is 56.5 Å². The summed E-state index contributed by atoms with van der Waals surface area (Å²) >= 11 is 0. The number of methoxy groups -OCH3 is 2. The maximum absolute atomic E-state index is 14.3. The minimum Gasteiger partial charge on any atom is -0.481 e. The predicted octanol–water partition coefficient (Wildman–Crippen LogP) is 2.98. The lowest BCUT2D eigenvalue weighted by Crippen LogP contribution is -2.56. The van der Waals surface area contributed by atoms with Crippen molar-refractivity contribution in [1.29, 1.82) is 0 Å². The average molecular weight is 1110 g/mol. The van der Waals surface area contributed by atoms with Crippen LogP contribution in [0, 0.1) is 23.7 Å². The van der Waals surface area contributed by atoms with Crippen molar-refractivity contribution < 1.29 is 67.3 Å². The molecule has 8 N–H and O–H groups in total. The van der Waals surface area contributed by atoms with Crippen LogP contribution >= 0.6 is 0 Å². The van der Waals surface area contributed by atoms with Crippen LogP contribution in [0.1, 0.15) is 105 Å². The fraction of sp³-hybridized carbons (Fsp3) is 0.607. The van der Waals surface area contributed by atoms with Gasteiger partial charge in [0.2, 0.25) is 47.3 Å². The molecular formula is C56H85N9O14. The van der Waals surface area contributed by atoms with Gasteiger partial charge in [-0.15, -0.1) is 0 Å². The maximum Gasteiger partial charge on any atom is 0.410 e. The Labute approximate surface area is 464 Å². The van der Waals surface area contributed by atoms with Gasteiger partial charge in [0.15, 0.2) is 0 Å². The third-order valence-electron chi connectivity index (χ3n) is 14.3. The number of benzene rings is 2. The standard InChI is InChI=1S/C56H85N9O14/c1-12-35(6)50(42(77-10)29-45(68)65-27-17-20-41(65)51(78-11)36(7)53(73)61-40(52(57)72)28-37-18-14-13-15-19-37)63(8)46(69)31-59-55(75)49(34(4)5)64(9)56(76)79-32-38-23-25-39(26-24-38)60-44(67)30-58-54(74)48(33(2)3)62-43(66)21-16-22-47(70)71/h13-15,18-19,23-26,33-36,40-42,48-51H,12,16-17,20-22,27-32H2,1-11H3,(H2,57,72)(H,58,74)(H,59,75)(H,60,67)(H,61,73)(H,62,66)(H,70,71)/t35-,36+,40-,41-,42+,48?,49?,50-,51+/m0/s1. The number of carbonyl (C=O) groups is 10. The van der Waals surface area contributed by atoms with Crippen LogP contribution in [0.3, 0.4) is 0 Å². The number of ether oxygens (including phenoxy) is 3. The van der Waals surface area contributed by atoms with Crippen molar-refractivity contribution in [3.05, 3.63) is 65.7 Å². The van der Waals surface area contributed by atoms with E-state index in [0.717, 1.165) is 10.5 Å². The maximum atomic E-state index is 14.3. The fourth-order valence-electron chi connectivity index (χ4n) is 9.73. The van der Waals surface area contributed by atoms with Gasteiger partial charge in [-0.2, -0.15) is 0 Å². The number of aliphatic carboxylic acids is 1. The van der Waals surface area contributed by atoms with E-state index in [1.54, 1.807) is 70.8 Å². The zero-order valence-corrected chi connectivity index (χ0v) is 47.7. The Kier molecular flexibility index (Phi) is 27.4. The number of amides is 9. The van der Waals surface area contributed by atoms with Gasteiger partial charge >= 0.3 is 12.1 Å². The van der Waals surface area contributed by atoms with Crippen molar-refractivity contribution in [1.82, 2.24) is 36.0 Å². The minimum absolute atomic E-state index is 0.0644. The van der Waals surface area contributed by atoms with Gasteiger partial charge in [0.05, 0.1) is 49.7 Å². The molecule has 438 valence electrons. The SMILES string of the molecule is CC[C@H](C)[C@@H]([C@@H](CC(=O)N1CCC[C@H]1[C@H](OC)[C@@H](C)C(=O)N[C@@H](Cc1ccccc1)C(N)=O)OC)N(C)C(=O)CNC(=O)C(C(C)C)N(C)C(=O)OCc1ccc(NC(=O)CNC(=O)C(NC(=O)CCCC(=O)O)C(C)C)cc1. The molecule has 0 spiro atoms. The van der Waals surface area contributed by atoms with Crippen molar-refractivity contribution in [2.75, 3.05) is 53.3 Å². The molecule has 1 saturated heterocycles. The monoisotopic (exact) mass is 1110 g/mol. The fourth-order valence-corrected chi connectivity index (χ4v) is 9.73. The van der Waals surface area contributed by atoms with Crippen molar-refractivity contribution in [2.45, 2.75) is 149 Å². The Morgan fingerprint density at radius 1 is 0.759 bits per heavy atom. The molecule has 9 amide bonds. The van der Waals surface area contributed by atoms with Crippen LogP contribution in [0.25, 0.3) is 0 Å². The number of nitrogens with two attached hydrogens (primary N) is 1. The Morgan fingerprint density at radius 2 is 1.41 bits per heavy atom. The average Bonchev–Trinajstić information content (AvgIpc) is 3.93. The molecule has 9 atom stereocenters. The van der Waals surface area contributed by atoms with Crippen LogP contribution in [0.5, 0.6) is 0 Å². The van der Waals surface area contributed by atoms with E-state index >= 15 is 0 Å². The second-order valence-corrected chi connectivity index (χ2v) is 20.9. The molecular weight excluding hydrogens is 1020 g/mol. The van der Waals surface area contributed by atoms with E-state index < -0.39 is 121 Å². The molecule has 1 heterocycles. The number of anilines is 1. The van der Waals surface area contributed by atoms with E-state index in [4.69, 9.17) is 25.1 Å². The summed E-state index contributed by atoms with van der Waals surface area (Å²) in [4.78, 5) is 134. The Morgan fingerprint density at radius 3 is 1.97 bits per heavy atom. The number of carbonyl (C=O) groups excluding carboxylic acids is 9. The van der Waals surface area contributed by atoms with Gasteiger partial charge in [-0.1, -0.05) is 97.4 Å². The number of hydrogen-bond acceptors (Lipinski definition) is 13. The summed E-state index contributed by atoms with van der Waals surface area (Å²) in [7, 11) is 5.96. The third-order valence-corrected chi connectivity index (χ3v) is 14.3. The number of primary amides is 1. The summed E-state index contributed by atoms with van der Waals surface area (Å²) in [5.74, 6) is -6.70. The van der Waals surface area contributed by atoms with E-state index in [9.17, 15) is 47.9 Å². The normalized spacial score (nSPS) is 16.2. The number of likely N-dealkylation sites (tertiary alicyclic amines) is 1. The number of hydrogen-bond donors (Lipinski definition) is 7. The molecule has 23 heteroatoms. The summed E-state index contributed by atoms with van der Waals surface area (Å²) in [6.45, 7) is 11.9. The highest BCUT2D eigenvalue weighted by atomic mass is 16.6. The van der Waals surface area contributed by atoms with Crippen LogP contribution in [0.4, 0.5) is 10.5 Å². The Hall–Kier alpha value is -7.14. The molecule has 0 aliphatic carbocycles. The van der Waals surface area contributed by atoms with Crippen LogP contribution in [-0.4, -0.2) is 169 Å². The van der Waals surface area contributed by atoms with Crippen molar-refractivity contribution in [2.24, 2.45) is 29.4 Å². The Balaban J connectivity index is 1.57. The first-order valence-electron chi connectivity index (χ1n) is 26.9. The van der Waals surface area contributed by atoms with Gasteiger partial charge in [0.1, 0.15) is 24.7 Å². The molecule has 1 aliphatic heterocycles. The van der Waals surface area contributed by atoms with Crippen molar-refractivity contribution >= 4 is 65.0 Å². The van der Waals surface area contributed by atoms with Gasteiger partial charge in [-0.05, 0) is 60.3 Å². The molecule has 3 rings (SSSR count). The largest absolute Gasteiger partial charge is 0.481 e. The van der Waals surface area contributed by atoms with Crippen LogP contribution in [0.15, 0.2) is 54.6 Å². The lowest BCUT2D eigenvalue weighted by Gasteiger charge is -2.39. The second kappa shape index (κ2) is 32.7. The first-order valence-corrected chi connectivity index (χ1v) is 26.9. The van der Waals surface area contributed by atoms with Gasteiger partial charge in [0.25, 0.3) is 0 Å². The van der Waals surface area contributed by atoms with Gasteiger partial charge < -0.3 is 61.4 Å². The summed E-state index contributed by atoms with van der Waals surface area (Å²) in [5.41, 5.74) is 7.46. The Bertz CT molecular complexity index is 2370. The number of nitrogens with one attached hydrogen (secondary N) is 5. The molecule has 79 heavy (non-hydrogen) atoms. The molecule has 0 aromatic heterocycles. The zero-order valence-electron chi connectivity index (χ0n) is 47.7. The quantitative estimate of drug-likeness (QED) is 0.0554. The topological polar surface area (TPSA) is 315 Å². The zero-order chi connectivity index (χ0) is 59.1. The molecule has 2 aromatic rings. The lowest BCUT2D eigenvalue weighted by atomic mass is 9.90. The lowest BCUT2D eigenvalue weighted by molar-refractivity contribution is -0.146. The highest BCUT2D eigenvalue weighted by Gasteiger charge is 2.43. The van der Waals surface area contributed by atoms with E-state index in [0.29, 0.717) is 37.1 Å². The van der Waals surface area contributed by atoms with Gasteiger partial charge in [-0.3, -0.25) is 48.1 Å². The third kappa shape index (κ3) is 20.6. The van der Waals surface area contributed by atoms with Gasteiger partial charge in [0, 0.05) is 59.8 Å². The number of carboxylic acids is 1. The molecule has 0 saturated carbocycles. The van der Waals surface area contributed by atoms with E-state index in [1.165, 1.54) is 26.2 Å². The second-order valence-electron chi connectivity index (χ2n) is 20.9. The van der Waals surface area contributed by atoms with Crippen LogP contribution in [-0.2, 0) is 70.4 Å². The van der Waals surface area contributed by atoms with Gasteiger partial charge in [-0.25, -0.2) is 4.79 Å². The highest BCUT2D eigenvalue weighted by molar-refractivity contribution is 5.96. The smallest absolute Gasteiger partial charge is 0.410 e. The molecule has 2 aromatic carbocycles. The molecule has 23 nitrogen and oxygen atoms in total. The van der Waals surface area contributed by atoms with Crippen molar-refractivity contribution in [3.8, 4) is 0 Å². The summed E-state index contributed by atoms with van der Waals surface area (Å²) in [6.07, 6.45) is -0.451. The van der Waals surface area contributed by atoms with E-state index in [1.807, 2.05) is 44.2 Å². The molecule has 0 bridgehead atoms. The van der Waals surface area contributed by atoms with Crippen LogP contribution < -0.4 is 32.3 Å². The first kappa shape index (κ1) is 66.1. The molecule has 1 fully saturated rings. The summed E-state index contributed by atoms with van der Waals surface area (Å²) < 4.78 is 17.4. The first-order chi connectivity index (χ1) is 37.3. The number of nitrogens with zero attached hydrogens (tertiary/aromatic N) is 3. The molecule has 0 radical (unpaired) electrons. The van der Waals surface area contributed by atoms with E-state index in [2.05, 4.69) is 26.6 Å². The predicted molar refractivity (Wildman–Crippen MR) is 293 cm³/mol. The molecule has 2 unspecified atom stereocenters. The number of rotatable bonds is 32. The summed E-state index contributed by atoms with van der Waals surface area (Å²) in [6, 6.07) is 11.6. The van der Waals surface area contributed by atoms with Crippen molar-refractivity contribution in [3.63, 3.8) is 0 Å².